The molecule has 20 aromatic rings. The lowest BCUT2D eigenvalue weighted by molar-refractivity contribution is 0.569. The topological polar surface area (TPSA) is 47.6 Å². The van der Waals surface area contributed by atoms with Gasteiger partial charge in [-0.3, -0.25) is 0 Å². The molecule has 0 saturated heterocycles. The van der Waals surface area contributed by atoms with Crippen LogP contribution >= 0.6 is 0 Å². The molecule has 22 rings (SSSR count). The van der Waals surface area contributed by atoms with Crippen LogP contribution in [0.15, 0.2) is 300 Å². The average molecular weight is 1600 g/mol. The smallest absolute Gasteiger partial charge is 0.252 e. The van der Waals surface area contributed by atoms with Gasteiger partial charge in [-0.25, -0.2) is 0 Å². The molecule has 7 heterocycles. The largest absolute Gasteiger partial charge is 0.452 e. The molecular weight excluding hydrogens is 1480 g/mol. The van der Waals surface area contributed by atoms with Gasteiger partial charge < -0.3 is 32.3 Å². The van der Waals surface area contributed by atoms with Gasteiger partial charge in [-0.15, -0.1) is 0 Å². The molecule has 8 heteroatoms. The maximum absolute atomic E-state index is 10.3. The van der Waals surface area contributed by atoms with E-state index >= 15 is 0 Å². The Morgan fingerprint density at radius 3 is 0.943 bits per heavy atom. The van der Waals surface area contributed by atoms with Gasteiger partial charge in [-0.2, -0.15) is 0 Å². The fraction of sp³-hybridized carbons (Fsp3) is 0.211. The highest BCUT2D eigenvalue weighted by molar-refractivity contribution is 7.00. The Hall–Kier alpha value is -13.0. The first-order chi connectivity index (χ1) is 63.7. The molecule has 0 fully saturated rings. The second kappa shape index (κ2) is 26.2. The van der Waals surface area contributed by atoms with Crippen molar-refractivity contribution in [2.45, 2.75) is 157 Å². The van der Waals surface area contributed by atoms with Crippen LogP contribution in [-0.4, -0.2) is 20.4 Å². The minimum atomic E-state index is -0.757. The fourth-order valence-corrected chi connectivity index (χ4v) is 19.4. The van der Waals surface area contributed by atoms with E-state index in [1.54, 1.807) is 4.57 Å². The zero-order valence-corrected chi connectivity index (χ0v) is 72.3. The monoisotopic (exact) mass is 1600 g/mol. The lowest BCUT2D eigenvalue weighted by atomic mass is 9.33. The lowest BCUT2D eigenvalue weighted by Gasteiger charge is -2.44. The van der Waals surface area contributed by atoms with Gasteiger partial charge >= 0.3 is 0 Å². The number of hydrogen-bond acceptors (Lipinski definition) is 4. The van der Waals surface area contributed by atoms with Crippen LogP contribution in [-0.2, 0) is 32.5 Å². The number of aromatic nitrogens is 3. The number of rotatable bonds is 7. The van der Waals surface area contributed by atoms with Crippen molar-refractivity contribution < 1.29 is 26.7 Å². The molecule has 5 aromatic heterocycles. The first-order valence-corrected chi connectivity index (χ1v) is 42.6. The lowest BCUT2D eigenvalue weighted by Crippen LogP contribution is -2.61. The van der Waals surface area contributed by atoms with E-state index in [0.29, 0.717) is 62.0 Å². The zero-order chi connectivity index (χ0) is 95.4. The summed E-state index contributed by atoms with van der Waals surface area (Å²) in [5, 5.41) is 7.37. The summed E-state index contributed by atoms with van der Waals surface area (Å²) >= 11 is 0. The first-order valence-electron chi connectivity index (χ1n) is 49.1. The number of benzene rings is 15. The minimum Gasteiger partial charge on any atom is -0.452 e. The van der Waals surface area contributed by atoms with E-state index in [0.717, 1.165) is 115 Å². The Morgan fingerprint density at radius 2 is 0.574 bits per heavy atom. The van der Waals surface area contributed by atoms with E-state index in [2.05, 4.69) is 313 Å². The Morgan fingerprint density at radius 1 is 0.238 bits per heavy atom. The average Bonchev–Trinajstić information content (AvgIpc) is 1.67. The molecule has 2 aliphatic rings. The van der Waals surface area contributed by atoms with Crippen molar-refractivity contribution >= 4 is 167 Å². The molecule has 0 aliphatic carbocycles. The highest BCUT2D eigenvalue weighted by Gasteiger charge is 2.46. The molecule has 0 N–H and O–H groups in total. The van der Waals surface area contributed by atoms with Crippen molar-refractivity contribution in [1.82, 2.24) is 13.7 Å². The van der Waals surface area contributed by atoms with Crippen LogP contribution in [0.2, 0.25) is 0 Å². The van der Waals surface area contributed by atoms with Crippen LogP contribution in [0, 0.1) is 0 Å². The first kappa shape index (κ1) is 62.1. The molecular formula is C114H102BN5O2. The number of nitrogens with zero attached hydrogens (tertiary/aromatic N) is 5. The predicted octanol–water partition coefficient (Wildman–Crippen LogP) is 30.0. The molecule has 0 bridgehead atoms. The molecule has 0 spiro atoms. The fourth-order valence-electron chi connectivity index (χ4n) is 19.4. The Kier molecular flexibility index (Phi) is 13.4. The highest BCUT2D eigenvalue weighted by atomic mass is 16.3. The molecule has 0 unspecified atom stereocenters. The Bertz CT molecular complexity index is 8420. The maximum Gasteiger partial charge on any atom is 0.252 e. The Labute approximate surface area is 733 Å². The maximum atomic E-state index is 10.3. The van der Waals surface area contributed by atoms with E-state index in [1.165, 1.54) is 22.3 Å². The SMILES string of the molecule is [2H]c1c([2H])c([2H])c(-c2ccc3c(c2)N(c2cccc4c2oc2c(-n5c6ccc(C(C)(C)C)cc6c6cc(C(C)(C)C)ccc65)cccc24)c2cc(-n4c5c([2H])c([2H])c([2H])c([2H])c5c5c([2H])c([2H])c([2H])c([2H])c54)cc4c2B3c2ccc(-c3cc(C(C)(C)C)cc(C(C)(C)C)c3)cc2N4c2cccc3c2oc2c(-n4c5ccc(C(C)(C)C)cc5c5cc(C(C)(C)C)ccc54)cccc23)c([2H])c1[2H]. The van der Waals surface area contributed by atoms with E-state index in [9.17, 15) is 16.4 Å². The van der Waals surface area contributed by atoms with E-state index in [1.807, 2.05) is 42.5 Å². The molecule has 0 saturated carbocycles. The summed E-state index contributed by atoms with van der Waals surface area (Å²) in [6, 6.07) is 68.6. The second-order valence-electron chi connectivity index (χ2n) is 40.0. The van der Waals surface area contributed by atoms with Crippen LogP contribution in [0.4, 0.5) is 34.1 Å². The van der Waals surface area contributed by atoms with Crippen molar-refractivity contribution in [3.05, 3.63) is 324 Å². The standard InChI is InChI=1S/C114H102BN5O2/c1-109(2,3)71-46-52-92-84(61-71)85-62-72(110(4,5)6)47-53-93(85)117(92)96-40-26-34-80-82-36-28-42-98(107(82)121-105(80)96)119-100-58-68(67-30-20-19-21-31-67)44-50-88(100)115-89-51-45-69(70-56-75(113(13,14)15)60-76(57-70)114(16,17)18)59-101(89)120(103-66-77(65-102(119)104(103)115)116-90-38-24-22-32-78(90)79-33-23-25-39-91(79)116)99-43-29-37-83-81-35-27-41-97(106(81)122-108(83)99)118-94-54-48-73(111(7,8)9)63-86(94)87-64-74(112(10,11)12)49-55-95(87)118/h19-66H,1-18H3/i19D,20D,21D,22D,23D,24D,25D,30D,31D,32D,33D,38D,39D. The van der Waals surface area contributed by atoms with Crippen LogP contribution in [0.25, 0.3) is 149 Å². The van der Waals surface area contributed by atoms with Crippen molar-refractivity contribution in [3.63, 3.8) is 0 Å². The molecule has 7 nitrogen and oxygen atoms in total. The van der Waals surface area contributed by atoms with Gasteiger partial charge in [-0.05, 0) is 214 Å². The number of furan rings is 2. The summed E-state index contributed by atoms with van der Waals surface area (Å²) < 4.78 is 147. The van der Waals surface area contributed by atoms with Gasteiger partial charge in [0.15, 0.2) is 22.3 Å². The third-order valence-corrected chi connectivity index (χ3v) is 26.1. The molecule has 0 radical (unpaired) electrons. The molecule has 0 amide bonds. The number of hydrogen-bond donors (Lipinski definition) is 0. The summed E-state index contributed by atoms with van der Waals surface area (Å²) in [7, 11) is 0. The Balaban J connectivity index is 0.904. The molecule has 15 aromatic carbocycles. The van der Waals surface area contributed by atoms with Crippen molar-refractivity contribution in [3.8, 4) is 39.3 Å². The van der Waals surface area contributed by atoms with Crippen LogP contribution in [0.3, 0.4) is 0 Å². The van der Waals surface area contributed by atoms with Crippen LogP contribution < -0.4 is 26.2 Å². The molecule has 122 heavy (non-hydrogen) atoms. The summed E-state index contributed by atoms with van der Waals surface area (Å²) in [5.41, 5.74) is 21.4. The van der Waals surface area contributed by atoms with Gasteiger partial charge in [-0.1, -0.05) is 306 Å². The van der Waals surface area contributed by atoms with Crippen molar-refractivity contribution in [2.75, 3.05) is 9.80 Å². The number of anilines is 6. The van der Waals surface area contributed by atoms with Crippen LogP contribution in [0.5, 0.6) is 0 Å². The van der Waals surface area contributed by atoms with E-state index in [4.69, 9.17) is 10.2 Å². The highest BCUT2D eigenvalue weighted by Crippen LogP contribution is 2.54. The zero-order valence-electron chi connectivity index (χ0n) is 85.3. The predicted molar refractivity (Wildman–Crippen MR) is 521 cm³/mol. The molecule has 0 atom stereocenters. The van der Waals surface area contributed by atoms with Crippen LogP contribution in [0.1, 0.15) is 176 Å². The third kappa shape index (κ3) is 11.5. The van der Waals surface area contributed by atoms with Gasteiger partial charge in [0.1, 0.15) is 0 Å². The van der Waals surface area contributed by atoms with Gasteiger partial charge in [0.05, 0.1) is 79.4 Å². The summed E-state index contributed by atoms with van der Waals surface area (Å²) in [4.78, 5) is 4.36. The number of para-hydroxylation sites is 6. The minimum absolute atomic E-state index is 0.0314. The van der Waals surface area contributed by atoms with E-state index < -0.39 is 85.3 Å². The van der Waals surface area contributed by atoms with Gasteiger partial charge in [0, 0.05) is 76.6 Å². The molecule has 598 valence electrons. The van der Waals surface area contributed by atoms with Gasteiger partial charge in [0.25, 0.3) is 6.71 Å². The van der Waals surface area contributed by atoms with E-state index in [-0.39, 0.29) is 65.5 Å². The normalized spacial score (nSPS) is 15.1. The summed E-state index contributed by atoms with van der Waals surface area (Å²) in [5.74, 6) is 0. The second-order valence-corrected chi connectivity index (χ2v) is 40.0. The van der Waals surface area contributed by atoms with Gasteiger partial charge in [0.2, 0.25) is 0 Å². The number of fused-ring (bicyclic) bond motifs is 19. The quantitative estimate of drug-likeness (QED) is 0.149. The van der Waals surface area contributed by atoms with Crippen molar-refractivity contribution in [2.24, 2.45) is 0 Å². The summed E-state index contributed by atoms with van der Waals surface area (Å²) in [6.07, 6.45) is 0. The van der Waals surface area contributed by atoms with Crippen molar-refractivity contribution in [1.29, 1.82) is 0 Å². The third-order valence-electron chi connectivity index (χ3n) is 26.1. The summed E-state index contributed by atoms with van der Waals surface area (Å²) in [6.45, 7) is 39.5. The molecule has 2 aliphatic heterocycles.